The third-order valence-corrected chi connectivity index (χ3v) is 3.75. The van der Waals surface area contributed by atoms with E-state index < -0.39 is 11.5 Å². The van der Waals surface area contributed by atoms with E-state index in [-0.39, 0.29) is 18.2 Å². The summed E-state index contributed by atoms with van der Waals surface area (Å²) in [5.74, 6) is -0.535. The average Bonchev–Trinajstić information content (AvgIpc) is 2.67. The maximum absolute atomic E-state index is 12.5. The second-order valence-electron chi connectivity index (χ2n) is 5.55. The van der Waals surface area contributed by atoms with Gasteiger partial charge in [0.05, 0.1) is 24.8 Å². The van der Waals surface area contributed by atoms with Crippen molar-refractivity contribution in [2.45, 2.75) is 6.92 Å². The number of hydrogen-bond donors (Lipinski definition) is 2. The van der Waals surface area contributed by atoms with Crippen molar-refractivity contribution in [1.82, 2.24) is 9.97 Å². The van der Waals surface area contributed by atoms with Crippen molar-refractivity contribution < 1.29 is 19.1 Å². The number of nitrogens with one attached hydrogen (secondary N) is 2. The molecule has 0 aliphatic carbocycles. The zero-order chi connectivity index (χ0) is 19.4. The highest BCUT2D eigenvalue weighted by atomic mass is 16.5. The van der Waals surface area contributed by atoms with Crippen molar-refractivity contribution in [3.63, 3.8) is 0 Å². The van der Waals surface area contributed by atoms with Gasteiger partial charge in [0.1, 0.15) is 5.75 Å². The van der Waals surface area contributed by atoms with E-state index >= 15 is 0 Å². The van der Waals surface area contributed by atoms with Gasteiger partial charge in [-0.3, -0.25) is 9.59 Å². The molecule has 2 N–H and O–H groups in total. The molecule has 8 heteroatoms. The third kappa shape index (κ3) is 3.95. The van der Waals surface area contributed by atoms with Gasteiger partial charge in [-0.05, 0) is 37.3 Å². The number of aromatic amines is 1. The molecule has 0 radical (unpaired) electrons. The Morgan fingerprint density at radius 1 is 1.19 bits per heavy atom. The van der Waals surface area contributed by atoms with Gasteiger partial charge in [-0.15, -0.1) is 0 Å². The molecule has 0 saturated carbocycles. The fourth-order valence-corrected chi connectivity index (χ4v) is 2.47. The molecule has 3 aromatic rings. The van der Waals surface area contributed by atoms with Gasteiger partial charge in [0.2, 0.25) is 5.69 Å². The van der Waals surface area contributed by atoms with Gasteiger partial charge in [-0.2, -0.15) is 0 Å². The first kappa shape index (κ1) is 18.1. The van der Waals surface area contributed by atoms with Gasteiger partial charge in [-0.1, -0.05) is 6.07 Å². The Bertz CT molecular complexity index is 1070. The summed E-state index contributed by atoms with van der Waals surface area (Å²) in [7, 11) is 1.54. The number of ether oxygens (including phenoxy) is 2. The van der Waals surface area contributed by atoms with Crippen LogP contribution in [0.2, 0.25) is 0 Å². The minimum absolute atomic E-state index is 0.140. The number of esters is 1. The lowest BCUT2D eigenvalue weighted by Crippen LogP contribution is -2.22. The van der Waals surface area contributed by atoms with Crippen molar-refractivity contribution in [2.75, 3.05) is 19.0 Å². The van der Waals surface area contributed by atoms with Crippen LogP contribution in [-0.4, -0.2) is 35.6 Å². The zero-order valence-electron chi connectivity index (χ0n) is 14.7. The van der Waals surface area contributed by atoms with Gasteiger partial charge < -0.3 is 19.8 Å². The maximum atomic E-state index is 12.5. The Morgan fingerprint density at radius 2 is 2.00 bits per heavy atom. The molecule has 3 rings (SSSR count). The summed E-state index contributed by atoms with van der Waals surface area (Å²) < 4.78 is 9.93. The summed E-state index contributed by atoms with van der Waals surface area (Å²) in [6.45, 7) is 1.78. The van der Waals surface area contributed by atoms with E-state index in [9.17, 15) is 14.4 Å². The first-order valence-corrected chi connectivity index (χ1v) is 8.18. The van der Waals surface area contributed by atoms with E-state index in [1.807, 2.05) is 0 Å². The first-order chi connectivity index (χ1) is 13.0. The minimum atomic E-state index is -0.791. The quantitative estimate of drug-likeness (QED) is 0.670. The first-order valence-electron chi connectivity index (χ1n) is 8.18. The average molecular weight is 367 g/mol. The molecule has 27 heavy (non-hydrogen) atoms. The molecule has 138 valence electrons. The van der Waals surface area contributed by atoms with Crippen LogP contribution in [0.25, 0.3) is 11.0 Å². The van der Waals surface area contributed by atoms with Gasteiger partial charge in [0, 0.05) is 17.3 Å². The van der Waals surface area contributed by atoms with E-state index in [1.165, 1.54) is 13.2 Å². The maximum Gasteiger partial charge on any atom is 0.362 e. The highest BCUT2D eigenvalue weighted by Gasteiger charge is 2.16. The molecule has 0 saturated heterocycles. The fourth-order valence-electron chi connectivity index (χ4n) is 2.47. The number of H-pyrrole nitrogens is 1. The monoisotopic (exact) mass is 367 g/mol. The summed E-state index contributed by atoms with van der Waals surface area (Å²) in [4.78, 5) is 42.9. The molecule has 8 nitrogen and oxygen atoms in total. The molecular weight excluding hydrogens is 350 g/mol. The van der Waals surface area contributed by atoms with Gasteiger partial charge in [0.15, 0.2) is 0 Å². The van der Waals surface area contributed by atoms with Crippen LogP contribution in [0.4, 0.5) is 5.69 Å². The Kier molecular flexibility index (Phi) is 5.16. The lowest BCUT2D eigenvalue weighted by atomic mass is 10.1. The van der Waals surface area contributed by atoms with Crippen LogP contribution >= 0.6 is 0 Å². The van der Waals surface area contributed by atoms with E-state index in [4.69, 9.17) is 9.47 Å². The number of rotatable bonds is 5. The SMILES string of the molecule is CCOC(=O)c1nc2ccc(C(=O)Nc3cccc(OC)c3)cc2[nH]c1=O. The lowest BCUT2D eigenvalue weighted by Gasteiger charge is -2.08. The molecule has 0 unspecified atom stereocenters. The van der Waals surface area contributed by atoms with Crippen LogP contribution in [0.3, 0.4) is 0 Å². The number of anilines is 1. The molecule has 2 aromatic carbocycles. The number of carbonyl (C=O) groups excluding carboxylic acids is 2. The van der Waals surface area contributed by atoms with Gasteiger partial charge >= 0.3 is 5.97 Å². The number of methoxy groups -OCH3 is 1. The molecule has 0 atom stereocenters. The second-order valence-corrected chi connectivity index (χ2v) is 5.55. The normalized spacial score (nSPS) is 10.4. The van der Waals surface area contributed by atoms with Crippen molar-refractivity contribution in [3.8, 4) is 5.75 Å². The van der Waals surface area contributed by atoms with Crippen LogP contribution in [0.1, 0.15) is 27.8 Å². The highest BCUT2D eigenvalue weighted by molar-refractivity contribution is 6.06. The molecule has 0 spiro atoms. The van der Waals surface area contributed by atoms with Crippen LogP contribution < -0.4 is 15.6 Å². The Labute approximate surface area is 154 Å². The summed E-state index contributed by atoms with van der Waals surface area (Å²) in [5.41, 5.74) is 0.613. The predicted octanol–water partition coefficient (Wildman–Crippen LogP) is 2.36. The van der Waals surface area contributed by atoms with E-state index in [2.05, 4.69) is 15.3 Å². The Morgan fingerprint density at radius 3 is 2.74 bits per heavy atom. The molecule has 0 bridgehead atoms. The Hall–Kier alpha value is -3.68. The van der Waals surface area contributed by atoms with E-state index in [1.54, 1.807) is 43.3 Å². The Balaban J connectivity index is 1.89. The van der Waals surface area contributed by atoms with Crippen LogP contribution in [-0.2, 0) is 4.74 Å². The van der Waals surface area contributed by atoms with E-state index in [0.29, 0.717) is 28.0 Å². The molecular formula is C19H17N3O5. The molecule has 1 amide bonds. The van der Waals surface area contributed by atoms with Crippen molar-refractivity contribution in [1.29, 1.82) is 0 Å². The number of carbonyl (C=O) groups is 2. The van der Waals surface area contributed by atoms with Crippen LogP contribution in [0.5, 0.6) is 5.75 Å². The van der Waals surface area contributed by atoms with Crippen molar-refractivity contribution in [2.24, 2.45) is 0 Å². The highest BCUT2D eigenvalue weighted by Crippen LogP contribution is 2.18. The van der Waals surface area contributed by atoms with Gasteiger partial charge in [0.25, 0.3) is 11.5 Å². The fraction of sp³-hybridized carbons (Fsp3) is 0.158. The smallest absolute Gasteiger partial charge is 0.362 e. The largest absolute Gasteiger partial charge is 0.497 e. The zero-order valence-corrected chi connectivity index (χ0v) is 14.7. The second kappa shape index (κ2) is 7.69. The molecule has 0 aliphatic heterocycles. The van der Waals surface area contributed by atoms with Gasteiger partial charge in [-0.25, -0.2) is 9.78 Å². The minimum Gasteiger partial charge on any atom is -0.497 e. The number of hydrogen-bond acceptors (Lipinski definition) is 6. The lowest BCUT2D eigenvalue weighted by molar-refractivity contribution is 0.0517. The summed E-state index contributed by atoms with van der Waals surface area (Å²) in [5, 5.41) is 2.75. The molecule has 1 aromatic heterocycles. The summed E-state index contributed by atoms with van der Waals surface area (Å²) >= 11 is 0. The number of nitrogens with zero attached hydrogens (tertiary/aromatic N) is 1. The number of fused-ring (bicyclic) bond motifs is 1. The van der Waals surface area contributed by atoms with Crippen LogP contribution in [0, 0.1) is 0 Å². The number of benzene rings is 2. The number of amides is 1. The summed E-state index contributed by atoms with van der Waals surface area (Å²) in [6, 6.07) is 11.5. The topological polar surface area (TPSA) is 110 Å². The molecule has 0 aliphatic rings. The summed E-state index contributed by atoms with van der Waals surface area (Å²) in [6.07, 6.45) is 0. The van der Waals surface area contributed by atoms with Crippen molar-refractivity contribution >= 4 is 28.6 Å². The number of aromatic nitrogens is 2. The van der Waals surface area contributed by atoms with E-state index in [0.717, 1.165) is 0 Å². The predicted molar refractivity (Wildman–Crippen MR) is 99.3 cm³/mol. The molecule has 0 fully saturated rings. The third-order valence-electron chi connectivity index (χ3n) is 3.75. The van der Waals surface area contributed by atoms with Crippen LogP contribution in [0.15, 0.2) is 47.3 Å². The standard InChI is InChI=1S/C19H17N3O5/c1-3-27-19(25)16-18(24)22-15-9-11(7-8-14(15)21-16)17(23)20-12-5-4-6-13(10-12)26-2/h4-10H,3H2,1-2H3,(H,20,23)(H,22,24). The molecule has 1 heterocycles. The van der Waals surface area contributed by atoms with Crippen molar-refractivity contribution in [3.05, 3.63) is 64.1 Å².